The first-order chi connectivity index (χ1) is 11.4. The molecule has 0 aliphatic carbocycles. The van der Waals surface area contributed by atoms with Gasteiger partial charge in [0.05, 0.1) is 17.2 Å². The third-order valence-corrected chi connectivity index (χ3v) is 3.48. The number of hydroxylamine groups is 2. The normalized spacial score (nSPS) is 14.6. The fourth-order valence-electron chi connectivity index (χ4n) is 1.52. The van der Waals surface area contributed by atoms with Gasteiger partial charge >= 0.3 is 5.97 Å². The number of amides is 3. The maximum Gasteiger partial charge on any atom is 0.334 e. The van der Waals surface area contributed by atoms with E-state index in [9.17, 15) is 19.2 Å². The van der Waals surface area contributed by atoms with Crippen molar-refractivity contribution in [2.45, 2.75) is 19.3 Å². The smallest absolute Gasteiger partial charge is 0.334 e. The highest BCUT2D eigenvalue weighted by molar-refractivity contribution is 8.03. The third kappa shape index (κ3) is 7.09. The maximum atomic E-state index is 11.6. The molecule has 10 heteroatoms. The first kappa shape index (κ1) is 19.4. The van der Waals surface area contributed by atoms with Crippen LogP contribution in [0.5, 0.6) is 0 Å². The van der Waals surface area contributed by atoms with E-state index in [4.69, 9.17) is 5.73 Å². The zero-order valence-electron chi connectivity index (χ0n) is 12.9. The van der Waals surface area contributed by atoms with Crippen molar-refractivity contribution >= 4 is 41.7 Å². The molecule has 0 aromatic heterocycles. The molecule has 1 heterocycles. The summed E-state index contributed by atoms with van der Waals surface area (Å²) < 4.78 is 0. The number of nitrogens with one attached hydrogen (secondary N) is 1. The first-order valence-electron chi connectivity index (χ1n) is 7.00. The SMILES string of the molecule is C=C(/N=C\C=C/N)SCC(=O)NCCC(=O)ON1C(=O)CCC1=O. The number of carbonyl (C=O) groups is 4. The molecule has 1 rings (SSSR count). The summed E-state index contributed by atoms with van der Waals surface area (Å²) in [6.07, 6.45) is 4.20. The van der Waals surface area contributed by atoms with E-state index in [1.165, 1.54) is 18.5 Å². The van der Waals surface area contributed by atoms with Crippen LogP contribution in [0.1, 0.15) is 19.3 Å². The summed E-state index contributed by atoms with van der Waals surface area (Å²) in [5.41, 5.74) is 5.13. The number of carbonyl (C=O) groups excluding carboxylic acids is 4. The Bertz CT molecular complexity index is 572. The Hall–Kier alpha value is -2.62. The molecule has 130 valence electrons. The van der Waals surface area contributed by atoms with Gasteiger partial charge in [0.15, 0.2) is 0 Å². The molecule has 3 amide bonds. The first-order valence-corrected chi connectivity index (χ1v) is 7.98. The van der Waals surface area contributed by atoms with Crippen molar-refractivity contribution in [2.75, 3.05) is 12.3 Å². The predicted octanol–water partition coefficient (Wildman–Crippen LogP) is -0.153. The molecular weight excluding hydrogens is 336 g/mol. The molecule has 0 aromatic rings. The van der Waals surface area contributed by atoms with Crippen LogP contribution in [-0.2, 0) is 24.0 Å². The Kier molecular flexibility index (Phi) is 8.26. The molecule has 1 aliphatic rings. The van der Waals surface area contributed by atoms with E-state index < -0.39 is 17.8 Å². The molecule has 0 spiro atoms. The highest BCUT2D eigenvalue weighted by Crippen LogP contribution is 2.14. The molecule has 0 aromatic carbocycles. The molecule has 3 N–H and O–H groups in total. The van der Waals surface area contributed by atoms with Gasteiger partial charge in [-0.1, -0.05) is 18.3 Å². The number of aliphatic imine (C=N–C) groups is 1. The number of nitrogens with two attached hydrogens (primary N) is 1. The minimum absolute atomic E-state index is 0.0279. The fraction of sp³-hybridized carbons (Fsp3) is 0.357. The number of nitrogens with zero attached hydrogens (tertiary/aromatic N) is 2. The lowest BCUT2D eigenvalue weighted by Crippen LogP contribution is -2.34. The predicted molar refractivity (Wildman–Crippen MR) is 88.2 cm³/mol. The summed E-state index contributed by atoms with van der Waals surface area (Å²) in [7, 11) is 0. The van der Waals surface area contributed by atoms with Crippen LogP contribution < -0.4 is 11.1 Å². The summed E-state index contributed by atoms with van der Waals surface area (Å²) in [4.78, 5) is 54.2. The molecule has 0 radical (unpaired) electrons. The van der Waals surface area contributed by atoms with Gasteiger partial charge < -0.3 is 15.9 Å². The maximum absolute atomic E-state index is 11.6. The average Bonchev–Trinajstić information content (AvgIpc) is 2.85. The molecule has 9 nitrogen and oxygen atoms in total. The van der Waals surface area contributed by atoms with Gasteiger partial charge in [0.2, 0.25) is 5.91 Å². The zero-order chi connectivity index (χ0) is 17.9. The molecule has 0 bridgehead atoms. The van der Waals surface area contributed by atoms with E-state index >= 15 is 0 Å². The minimum Gasteiger partial charge on any atom is -0.405 e. The molecule has 0 unspecified atom stereocenters. The number of hydrogen-bond donors (Lipinski definition) is 2. The van der Waals surface area contributed by atoms with E-state index in [0.29, 0.717) is 10.1 Å². The minimum atomic E-state index is -0.769. The van der Waals surface area contributed by atoms with Crippen LogP contribution in [0, 0.1) is 0 Å². The van der Waals surface area contributed by atoms with Crippen molar-refractivity contribution in [3.8, 4) is 0 Å². The Labute approximate surface area is 142 Å². The summed E-state index contributed by atoms with van der Waals surface area (Å²) in [6.45, 7) is 3.67. The molecule has 0 saturated carbocycles. The van der Waals surface area contributed by atoms with Gasteiger partial charge in [0.25, 0.3) is 11.8 Å². The van der Waals surface area contributed by atoms with Crippen molar-refractivity contribution in [3.63, 3.8) is 0 Å². The number of allylic oxidation sites excluding steroid dienone is 1. The van der Waals surface area contributed by atoms with E-state index in [2.05, 4.69) is 21.7 Å². The third-order valence-electron chi connectivity index (χ3n) is 2.64. The number of imide groups is 1. The van der Waals surface area contributed by atoms with Gasteiger partial charge in [0.1, 0.15) is 0 Å². The molecular formula is C14H18N4O5S. The van der Waals surface area contributed by atoms with Crippen LogP contribution in [0.2, 0.25) is 0 Å². The lowest BCUT2D eigenvalue weighted by Gasteiger charge is -2.12. The highest BCUT2D eigenvalue weighted by Gasteiger charge is 2.32. The Morgan fingerprint density at radius 3 is 2.67 bits per heavy atom. The van der Waals surface area contributed by atoms with E-state index in [-0.39, 0.29) is 37.5 Å². The quantitative estimate of drug-likeness (QED) is 0.435. The molecule has 1 saturated heterocycles. The monoisotopic (exact) mass is 354 g/mol. The topological polar surface area (TPSA) is 131 Å². The van der Waals surface area contributed by atoms with E-state index in [1.807, 2.05) is 0 Å². The molecule has 1 aliphatic heterocycles. The van der Waals surface area contributed by atoms with Crippen LogP contribution in [0.25, 0.3) is 0 Å². The Morgan fingerprint density at radius 2 is 2.04 bits per heavy atom. The van der Waals surface area contributed by atoms with Crippen LogP contribution >= 0.6 is 11.8 Å². The van der Waals surface area contributed by atoms with Gasteiger partial charge in [-0.05, 0) is 12.3 Å². The van der Waals surface area contributed by atoms with Crippen molar-refractivity contribution in [1.29, 1.82) is 0 Å². The van der Waals surface area contributed by atoms with E-state index in [1.54, 1.807) is 0 Å². The summed E-state index contributed by atoms with van der Waals surface area (Å²) in [5, 5.41) is 3.42. The number of thioether (sulfide) groups is 1. The zero-order valence-corrected chi connectivity index (χ0v) is 13.7. The fourth-order valence-corrected chi connectivity index (χ4v) is 2.06. The summed E-state index contributed by atoms with van der Waals surface area (Å²) in [6, 6.07) is 0. The van der Waals surface area contributed by atoms with E-state index in [0.717, 1.165) is 11.8 Å². The van der Waals surface area contributed by atoms with Crippen LogP contribution in [-0.4, -0.2) is 47.3 Å². The lowest BCUT2D eigenvalue weighted by molar-refractivity contribution is -0.197. The van der Waals surface area contributed by atoms with Crippen molar-refractivity contribution in [3.05, 3.63) is 23.9 Å². The van der Waals surface area contributed by atoms with Gasteiger partial charge in [-0.15, -0.1) is 5.06 Å². The average molecular weight is 354 g/mol. The van der Waals surface area contributed by atoms with Crippen LogP contribution in [0.4, 0.5) is 0 Å². The van der Waals surface area contributed by atoms with Crippen LogP contribution in [0.15, 0.2) is 28.9 Å². The standard InChI is InChI=1S/C14H18N4O5S/c1-10(16-7-2-6-15)24-9-11(19)17-8-5-14(22)23-18-12(20)3-4-13(18)21/h2,6-7H,1,3-5,8-9,15H2,(H,17,19)/b6-2-,16-7-. The van der Waals surface area contributed by atoms with Gasteiger partial charge in [-0.25, -0.2) is 4.79 Å². The number of hydrogen-bond acceptors (Lipinski definition) is 8. The summed E-state index contributed by atoms with van der Waals surface area (Å²) >= 11 is 1.13. The molecule has 0 atom stereocenters. The second-order valence-corrected chi connectivity index (χ2v) is 5.54. The van der Waals surface area contributed by atoms with Gasteiger partial charge in [-0.2, -0.15) is 0 Å². The van der Waals surface area contributed by atoms with Gasteiger partial charge in [-0.3, -0.25) is 19.4 Å². The largest absolute Gasteiger partial charge is 0.405 e. The second-order valence-electron chi connectivity index (χ2n) is 4.49. The van der Waals surface area contributed by atoms with Crippen molar-refractivity contribution in [2.24, 2.45) is 10.7 Å². The number of rotatable bonds is 9. The molecule has 24 heavy (non-hydrogen) atoms. The van der Waals surface area contributed by atoms with Crippen LogP contribution in [0.3, 0.4) is 0 Å². The van der Waals surface area contributed by atoms with Crippen molar-refractivity contribution in [1.82, 2.24) is 10.4 Å². The Balaban J connectivity index is 2.18. The Morgan fingerprint density at radius 1 is 1.38 bits per heavy atom. The van der Waals surface area contributed by atoms with Crippen molar-refractivity contribution < 1.29 is 24.0 Å². The second kappa shape index (κ2) is 10.2. The summed E-state index contributed by atoms with van der Waals surface area (Å²) in [5.74, 6) is -2.09. The molecule has 1 fully saturated rings. The highest BCUT2D eigenvalue weighted by atomic mass is 32.2. The lowest BCUT2D eigenvalue weighted by atomic mass is 10.4. The van der Waals surface area contributed by atoms with Gasteiger partial charge in [0, 0.05) is 25.6 Å².